The molecule has 0 radical (unpaired) electrons. The highest BCUT2D eigenvalue weighted by atomic mass is 79.9. The largest absolute Gasteiger partial charge is 0.489 e. The molecule has 0 saturated carbocycles. The van der Waals surface area contributed by atoms with Crippen molar-refractivity contribution in [3.05, 3.63) is 28.2 Å². The van der Waals surface area contributed by atoms with Crippen LogP contribution in [0.5, 0.6) is 5.75 Å². The van der Waals surface area contributed by atoms with E-state index in [1.165, 1.54) is 0 Å². The van der Waals surface area contributed by atoms with Crippen LogP contribution in [0.15, 0.2) is 22.7 Å². The Morgan fingerprint density at radius 1 is 1.44 bits per heavy atom. The lowest BCUT2D eigenvalue weighted by Crippen LogP contribution is -2.15. The number of para-hydroxylation sites is 1. The highest BCUT2D eigenvalue weighted by molar-refractivity contribution is 9.10. The Balaban J connectivity index is 2.68. The van der Waals surface area contributed by atoms with Crippen LogP contribution in [0, 0.1) is 0 Å². The Labute approximate surface area is 104 Å². The molecule has 0 fully saturated rings. The first-order valence-electron chi connectivity index (χ1n) is 5.46. The molecule has 0 aliphatic carbocycles. The van der Waals surface area contributed by atoms with E-state index < -0.39 is 6.67 Å². The summed E-state index contributed by atoms with van der Waals surface area (Å²) >= 11 is 3.41. The van der Waals surface area contributed by atoms with Crippen LogP contribution in [0.3, 0.4) is 0 Å². The third kappa shape index (κ3) is 4.10. The fourth-order valence-corrected chi connectivity index (χ4v) is 1.92. The predicted molar refractivity (Wildman–Crippen MR) is 67.6 cm³/mol. The van der Waals surface area contributed by atoms with Crippen LogP contribution in [0.2, 0.25) is 0 Å². The van der Waals surface area contributed by atoms with E-state index in [9.17, 15) is 4.39 Å². The lowest BCUT2D eigenvalue weighted by atomic mass is 10.2. The molecule has 1 rings (SSSR count). The minimum Gasteiger partial charge on any atom is -0.489 e. The molecule has 16 heavy (non-hydrogen) atoms. The van der Waals surface area contributed by atoms with E-state index in [2.05, 4.69) is 28.2 Å². The van der Waals surface area contributed by atoms with E-state index in [1.807, 2.05) is 18.2 Å². The first-order valence-corrected chi connectivity index (χ1v) is 6.25. The molecule has 0 aliphatic heterocycles. The van der Waals surface area contributed by atoms with Gasteiger partial charge in [-0.25, -0.2) is 4.39 Å². The van der Waals surface area contributed by atoms with E-state index >= 15 is 0 Å². The molecule has 0 bridgehead atoms. The number of halogens is 2. The van der Waals surface area contributed by atoms with Crippen LogP contribution < -0.4 is 10.1 Å². The monoisotopic (exact) mass is 289 g/mol. The summed E-state index contributed by atoms with van der Waals surface area (Å²) in [7, 11) is 0. The van der Waals surface area contributed by atoms with Crippen LogP contribution in [0.25, 0.3) is 0 Å². The summed E-state index contributed by atoms with van der Waals surface area (Å²) in [5, 5.41) is 3.30. The maximum atomic E-state index is 12.1. The molecule has 0 unspecified atom stereocenters. The van der Waals surface area contributed by atoms with Gasteiger partial charge in [-0.3, -0.25) is 0 Å². The van der Waals surface area contributed by atoms with Crippen molar-refractivity contribution in [3.63, 3.8) is 0 Å². The fourth-order valence-electron chi connectivity index (χ4n) is 1.39. The summed E-state index contributed by atoms with van der Waals surface area (Å²) in [5.74, 6) is 0.740. The molecule has 0 amide bonds. The quantitative estimate of drug-likeness (QED) is 0.778. The Kier molecular flexibility index (Phi) is 6.42. The van der Waals surface area contributed by atoms with E-state index in [-0.39, 0.29) is 6.61 Å². The molecular weight excluding hydrogens is 273 g/mol. The van der Waals surface area contributed by atoms with Crippen molar-refractivity contribution in [2.45, 2.75) is 19.9 Å². The van der Waals surface area contributed by atoms with Crippen molar-refractivity contribution in [2.24, 2.45) is 0 Å². The smallest absolute Gasteiger partial charge is 0.138 e. The summed E-state index contributed by atoms with van der Waals surface area (Å²) < 4.78 is 18.4. The van der Waals surface area contributed by atoms with Crippen molar-refractivity contribution in [1.82, 2.24) is 5.32 Å². The molecule has 1 N–H and O–H groups in total. The van der Waals surface area contributed by atoms with Gasteiger partial charge in [0.25, 0.3) is 0 Å². The van der Waals surface area contributed by atoms with Crippen LogP contribution >= 0.6 is 15.9 Å². The Morgan fingerprint density at radius 3 is 2.94 bits per heavy atom. The minimum atomic E-state index is -0.469. The molecule has 1 aromatic rings. The van der Waals surface area contributed by atoms with Gasteiger partial charge in [0.15, 0.2) is 0 Å². The summed E-state index contributed by atoms with van der Waals surface area (Å²) in [6, 6.07) is 5.84. The number of rotatable bonds is 7. The van der Waals surface area contributed by atoms with Gasteiger partial charge in [-0.1, -0.05) is 19.1 Å². The van der Waals surface area contributed by atoms with Crippen LogP contribution in [-0.2, 0) is 6.54 Å². The second-order valence-electron chi connectivity index (χ2n) is 3.44. The van der Waals surface area contributed by atoms with Gasteiger partial charge < -0.3 is 10.1 Å². The average molecular weight is 290 g/mol. The van der Waals surface area contributed by atoms with E-state index in [0.29, 0.717) is 0 Å². The molecule has 90 valence electrons. The van der Waals surface area contributed by atoms with Crippen molar-refractivity contribution >= 4 is 15.9 Å². The maximum absolute atomic E-state index is 12.1. The number of hydrogen-bond donors (Lipinski definition) is 1. The van der Waals surface area contributed by atoms with Gasteiger partial charge in [-0.15, -0.1) is 0 Å². The molecule has 1 aromatic carbocycles. The summed E-state index contributed by atoms with van der Waals surface area (Å²) in [4.78, 5) is 0. The summed E-state index contributed by atoms with van der Waals surface area (Å²) in [6.45, 7) is 3.46. The molecule has 4 heteroatoms. The van der Waals surface area contributed by atoms with Crippen molar-refractivity contribution in [3.8, 4) is 5.75 Å². The van der Waals surface area contributed by atoms with Crippen LogP contribution in [-0.4, -0.2) is 19.8 Å². The van der Waals surface area contributed by atoms with Crippen molar-refractivity contribution in [1.29, 1.82) is 0 Å². The third-order valence-corrected chi connectivity index (χ3v) is 2.74. The van der Waals surface area contributed by atoms with Gasteiger partial charge in [0, 0.05) is 12.1 Å². The standard InChI is InChI=1S/C12H17BrFNO/c1-2-7-15-9-10-4-3-5-11(13)12(10)16-8-6-14/h3-5,15H,2,6-9H2,1H3. The lowest BCUT2D eigenvalue weighted by Gasteiger charge is -2.12. The second kappa shape index (κ2) is 7.63. The highest BCUT2D eigenvalue weighted by Crippen LogP contribution is 2.29. The van der Waals surface area contributed by atoms with Crippen LogP contribution in [0.1, 0.15) is 18.9 Å². The average Bonchev–Trinajstić information content (AvgIpc) is 2.28. The Morgan fingerprint density at radius 2 is 2.25 bits per heavy atom. The third-order valence-electron chi connectivity index (χ3n) is 2.11. The van der Waals surface area contributed by atoms with Crippen molar-refractivity contribution < 1.29 is 9.13 Å². The number of nitrogens with one attached hydrogen (secondary N) is 1. The Bertz CT molecular complexity index is 320. The first-order chi connectivity index (χ1) is 7.79. The van der Waals surface area contributed by atoms with Gasteiger partial charge in [0.05, 0.1) is 4.47 Å². The van der Waals surface area contributed by atoms with Gasteiger partial charge >= 0.3 is 0 Å². The van der Waals surface area contributed by atoms with E-state index in [4.69, 9.17) is 4.74 Å². The number of alkyl halides is 1. The topological polar surface area (TPSA) is 21.3 Å². The molecule has 0 aromatic heterocycles. The van der Waals surface area contributed by atoms with Gasteiger partial charge in [0.2, 0.25) is 0 Å². The highest BCUT2D eigenvalue weighted by Gasteiger charge is 2.07. The number of benzene rings is 1. The molecule has 0 saturated heterocycles. The SMILES string of the molecule is CCCNCc1cccc(Br)c1OCCF. The number of hydrogen-bond acceptors (Lipinski definition) is 2. The first kappa shape index (κ1) is 13.5. The zero-order valence-electron chi connectivity index (χ0n) is 9.43. The predicted octanol–water partition coefficient (Wildman–Crippen LogP) is 3.30. The molecule has 0 atom stereocenters. The molecule has 0 spiro atoms. The fraction of sp³-hybridized carbons (Fsp3) is 0.500. The minimum absolute atomic E-state index is 0.101. The summed E-state index contributed by atoms with van der Waals surface area (Å²) in [6.07, 6.45) is 1.09. The van der Waals surface area contributed by atoms with Gasteiger partial charge in [-0.2, -0.15) is 0 Å². The molecular formula is C12H17BrFNO. The van der Waals surface area contributed by atoms with E-state index in [0.717, 1.165) is 35.3 Å². The van der Waals surface area contributed by atoms with E-state index in [1.54, 1.807) is 0 Å². The summed E-state index contributed by atoms with van der Waals surface area (Å²) in [5.41, 5.74) is 1.05. The normalized spacial score (nSPS) is 10.4. The van der Waals surface area contributed by atoms with Gasteiger partial charge in [-0.05, 0) is 35.0 Å². The van der Waals surface area contributed by atoms with Gasteiger partial charge in [0.1, 0.15) is 19.0 Å². The maximum Gasteiger partial charge on any atom is 0.138 e. The van der Waals surface area contributed by atoms with Crippen molar-refractivity contribution in [2.75, 3.05) is 19.8 Å². The molecule has 2 nitrogen and oxygen atoms in total. The second-order valence-corrected chi connectivity index (χ2v) is 4.30. The molecule has 0 heterocycles. The zero-order chi connectivity index (χ0) is 11.8. The zero-order valence-corrected chi connectivity index (χ0v) is 11.0. The molecule has 0 aliphatic rings. The van der Waals surface area contributed by atoms with Crippen LogP contribution in [0.4, 0.5) is 4.39 Å². The number of ether oxygens (including phenoxy) is 1. The Hall–Kier alpha value is -0.610. The lowest BCUT2D eigenvalue weighted by molar-refractivity contribution is 0.269.